The fraction of sp³-hybridized carbons (Fsp3) is 1.00. The van der Waals surface area contributed by atoms with Crippen LogP contribution in [0.5, 0.6) is 0 Å². The first kappa shape index (κ1) is 12.9. The zero-order valence-electron chi connectivity index (χ0n) is 12.1. The molecule has 1 heterocycles. The van der Waals surface area contributed by atoms with Gasteiger partial charge >= 0.3 is 0 Å². The van der Waals surface area contributed by atoms with Crippen LogP contribution in [0.15, 0.2) is 0 Å². The van der Waals surface area contributed by atoms with Crippen molar-refractivity contribution >= 4 is 0 Å². The summed E-state index contributed by atoms with van der Waals surface area (Å²) in [5.74, 6) is 0.957. The molecule has 2 heteroatoms. The summed E-state index contributed by atoms with van der Waals surface area (Å²) in [7, 11) is 0. The zero-order chi connectivity index (χ0) is 12.6. The van der Waals surface area contributed by atoms with Crippen LogP contribution in [0.2, 0.25) is 0 Å². The highest BCUT2D eigenvalue weighted by Crippen LogP contribution is 2.53. The predicted octanol–water partition coefficient (Wildman–Crippen LogP) is 3.50. The predicted molar refractivity (Wildman–Crippen MR) is 74.7 cm³/mol. The molecule has 1 N–H and O–H groups in total. The quantitative estimate of drug-likeness (QED) is 0.811. The lowest BCUT2D eigenvalue weighted by Gasteiger charge is -2.59. The van der Waals surface area contributed by atoms with Crippen LogP contribution in [-0.4, -0.2) is 24.8 Å². The molecule has 0 radical (unpaired) electrons. The minimum absolute atomic E-state index is 0.194. The van der Waals surface area contributed by atoms with E-state index in [1.807, 2.05) is 0 Å². The molecule has 3 fully saturated rings. The van der Waals surface area contributed by atoms with Crippen LogP contribution in [0.1, 0.15) is 65.2 Å². The molecule has 3 rings (SSSR count). The van der Waals surface area contributed by atoms with E-state index in [9.17, 15) is 0 Å². The molecule has 3 aliphatic rings. The fourth-order valence-corrected chi connectivity index (χ4v) is 4.75. The van der Waals surface area contributed by atoms with E-state index in [2.05, 4.69) is 19.2 Å². The Kier molecular flexibility index (Phi) is 3.44. The van der Waals surface area contributed by atoms with E-state index < -0.39 is 0 Å². The third-order valence-corrected chi connectivity index (χ3v) is 5.37. The SMILES string of the molecule is CC1(C)CC2(C1)OCCNC2CC1CCCCC1. The van der Waals surface area contributed by atoms with Gasteiger partial charge in [0, 0.05) is 12.6 Å². The van der Waals surface area contributed by atoms with Gasteiger partial charge in [0.2, 0.25) is 0 Å². The summed E-state index contributed by atoms with van der Waals surface area (Å²) >= 11 is 0. The molecule has 0 bridgehead atoms. The standard InChI is InChI=1S/C16H29NO/c1-15(2)11-16(12-15)14(17-8-9-18-16)10-13-6-4-3-5-7-13/h13-14,17H,3-12H2,1-2H3. The molecule has 1 aliphatic heterocycles. The molecule has 18 heavy (non-hydrogen) atoms. The van der Waals surface area contributed by atoms with Gasteiger partial charge in [-0.25, -0.2) is 0 Å². The summed E-state index contributed by atoms with van der Waals surface area (Å²) in [6, 6.07) is 0.627. The molecule has 2 saturated carbocycles. The summed E-state index contributed by atoms with van der Waals surface area (Å²) < 4.78 is 6.23. The van der Waals surface area contributed by atoms with Gasteiger partial charge in [-0.05, 0) is 30.6 Å². The van der Waals surface area contributed by atoms with Gasteiger partial charge in [-0.3, -0.25) is 0 Å². The Balaban J connectivity index is 1.62. The normalized spacial score (nSPS) is 35.3. The van der Waals surface area contributed by atoms with Gasteiger partial charge < -0.3 is 10.1 Å². The van der Waals surface area contributed by atoms with E-state index in [0.717, 1.165) is 19.1 Å². The minimum Gasteiger partial charge on any atom is -0.372 e. The smallest absolute Gasteiger partial charge is 0.0845 e. The Hall–Kier alpha value is -0.0800. The number of hydrogen-bond acceptors (Lipinski definition) is 2. The lowest BCUT2D eigenvalue weighted by atomic mass is 9.57. The lowest BCUT2D eigenvalue weighted by molar-refractivity contribution is -0.197. The highest BCUT2D eigenvalue weighted by molar-refractivity contribution is 5.09. The van der Waals surface area contributed by atoms with Crippen molar-refractivity contribution in [1.82, 2.24) is 5.32 Å². The van der Waals surface area contributed by atoms with Crippen molar-refractivity contribution in [1.29, 1.82) is 0 Å². The third-order valence-electron chi connectivity index (χ3n) is 5.37. The molecule has 1 atom stereocenters. The summed E-state index contributed by atoms with van der Waals surface area (Å²) in [6.07, 6.45) is 11.1. The van der Waals surface area contributed by atoms with Crippen molar-refractivity contribution < 1.29 is 4.74 Å². The van der Waals surface area contributed by atoms with Crippen molar-refractivity contribution in [2.24, 2.45) is 11.3 Å². The molecule has 104 valence electrons. The molecular weight excluding hydrogens is 222 g/mol. The largest absolute Gasteiger partial charge is 0.372 e. The van der Waals surface area contributed by atoms with Crippen molar-refractivity contribution in [3.8, 4) is 0 Å². The highest BCUT2D eigenvalue weighted by atomic mass is 16.5. The van der Waals surface area contributed by atoms with Crippen LogP contribution in [0.3, 0.4) is 0 Å². The van der Waals surface area contributed by atoms with E-state index in [-0.39, 0.29) is 5.60 Å². The van der Waals surface area contributed by atoms with Gasteiger partial charge in [0.15, 0.2) is 0 Å². The molecule has 1 saturated heterocycles. The molecule has 2 nitrogen and oxygen atoms in total. The number of hydrogen-bond donors (Lipinski definition) is 1. The monoisotopic (exact) mass is 251 g/mol. The second-order valence-corrected chi connectivity index (χ2v) is 7.68. The van der Waals surface area contributed by atoms with E-state index in [1.165, 1.54) is 51.4 Å². The Morgan fingerprint density at radius 1 is 1.11 bits per heavy atom. The van der Waals surface area contributed by atoms with Gasteiger partial charge in [0.25, 0.3) is 0 Å². The van der Waals surface area contributed by atoms with E-state index >= 15 is 0 Å². The Morgan fingerprint density at radius 3 is 2.50 bits per heavy atom. The maximum Gasteiger partial charge on any atom is 0.0845 e. The molecule has 0 aromatic heterocycles. The first-order chi connectivity index (χ1) is 8.60. The van der Waals surface area contributed by atoms with Crippen LogP contribution >= 0.6 is 0 Å². The average molecular weight is 251 g/mol. The number of nitrogens with one attached hydrogen (secondary N) is 1. The van der Waals surface area contributed by atoms with Crippen LogP contribution in [0, 0.1) is 11.3 Å². The summed E-state index contributed by atoms with van der Waals surface area (Å²) in [6.45, 7) is 6.73. The number of morpholine rings is 1. The van der Waals surface area contributed by atoms with Crippen molar-refractivity contribution in [3.05, 3.63) is 0 Å². The van der Waals surface area contributed by atoms with Gasteiger partial charge in [-0.1, -0.05) is 46.0 Å². The second-order valence-electron chi connectivity index (χ2n) is 7.68. The number of rotatable bonds is 2. The molecule has 0 amide bonds. The molecule has 1 spiro atoms. The minimum atomic E-state index is 0.194. The first-order valence-electron chi connectivity index (χ1n) is 7.97. The third kappa shape index (κ3) is 2.46. The Morgan fingerprint density at radius 2 is 1.83 bits per heavy atom. The van der Waals surface area contributed by atoms with E-state index in [1.54, 1.807) is 0 Å². The summed E-state index contributed by atoms with van der Waals surface area (Å²) in [4.78, 5) is 0. The van der Waals surface area contributed by atoms with Crippen LogP contribution < -0.4 is 5.32 Å². The van der Waals surface area contributed by atoms with Gasteiger partial charge in [0.05, 0.1) is 12.2 Å². The van der Waals surface area contributed by atoms with E-state index in [0.29, 0.717) is 11.5 Å². The highest BCUT2D eigenvalue weighted by Gasteiger charge is 2.55. The lowest BCUT2D eigenvalue weighted by Crippen LogP contribution is -2.66. The molecule has 0 aromatic rings. The van der Waals surface area contributed by atoms with Crippen molar-refractivity contribution in [2.45, 2.75) is 76.9 Å². The Labute approximate surface area is 112 Å². The van der Waals surface area contributed by atoms with Crippen molar-refractivity contribution in [3.63, 3.8) is 0 Å². The first-order valence-corrected chi connectivity index (χ1v) is 7.97. The zero-order valence-corrected chi connectivity index (χ0v) is 12.1. The maximum atomic E-state index is 6.23. The Bertz CT molecular complexity index is 285. The van der Waals surface area contributed by atoms with E-state index in [4.69, 9.17) is 4.74 Å². The molecule has 0 aromatic carbocycles. The maximum absolute atomic E-state index is 6.23. The average Bonchev–Trinajstić information content (AvgIpc) is 2.31. The molecule has 1 unspecified atom stereocenters. The molecular formula is C16H29NO. The summed E-state index contributed by atoms with van der Waals surface area (Å²) in [5.41, 5.74) is 0.697. The van der Waals surface area contributed by atoms with Crippen LogP contribution in [0.25, 0.3) is 0 Å². The van der Waals surface area contributed by atoms with Crippen LogP contribution in [0.4, 0.5) is 0 Å². The fourth-order valence-electron chi connectivity index (χ4n) is 4.75. The van der Waals surface area contributed by atoms with Gasteiger partial charge in [-0.2, -0.15) is 0 Å². The number of ether oxygens (including phenoxy) is 1. The van der Waals surface area contributed by atoms with Gasteiger partial charge in [0.1, 0.15) is 0 Å². The molecule has 2 aliphatic carbocycles. The summed E-state index contributed by atoms with van der Waals surface area (Å²) in [5, 5.41) is 3.77. The topological polar surface area (TPSA) is 21.3 Å². The second kappa shape index (κ2) is 4.79. The van der Waals surface area contributed by atoms with Gasteiger partial charge in [-0.15, -0.1) is 0 Å². The van der Waals surface area contributed by atoms with Crippen LogP contribution in [-0.2, 0) is 4.74 Å². The van der Waals surface area contributed by atoms with Crippen molar-refractivity contribution in [2.75, 3.05) is 13.2 Å².